The van der Waals surface area contributed by atoms with Crippen molar-refractivity contribution < 1.29 is 32.9 Å². The number of β-amino-alcohol motifs (C(OH)–C–C–N with tert-alkyl or cyclic N) is 1. The Hall–Kier alpha value is -3.70. The average molecular weight is 474 g/mol. The van der Waals surface area contributed by atoms with Crippen molar-refractivity contribution in [2.24, 2.45) is 0 Å². The highest BCUT2D eigenvalue weighted by atomic mass is 19.4. The number of rotatable bonds is 6. The first-order chi connectivity index (χ1) is 16.2. The molecule has 11 heteroatoms. The molecule has 1 fully saturated rings. The summed E-state index contributed by atoms with van der Waals surface area (Å²) in [4.78, 5) is 23.4. The maximum absolute atomic E-state index is 12.8. The lowest BCUT2D eigenvalue weighted by Crippen LogP contribution is -2.23. The zero-order valence-corrected chi connectivity index (χ0v) is 17.8. The van der Waals surface area contributed by atoms with Crippen molar-refractivity contribution in [2.75, 3.05) is 23.3 Å². The predicted molar refractivity (Wildman–Crippen MR) is 117 cm³/mol. The van der Waals surface area contributed by atoms with Crippen LogP contribution in [0.3, 0.4) is 0 Å². The molecule has 4 rings (SSSR count). The Morgan fingerprint density at radius 3 is 2.50 bits per heavy atom. The number of carbonyl (C=O) groups excluding carboxylic acids is 1. The van der Waals surface area contributed by atoms with Crippen LogP contribution in [0, 0.1) is 0 Å². The van der Waals surface area contributed by atoms with Gasteiger partial charge in [0.05, 0.1) is 24.0 Å². The van der Waals surface area contributed by atoms with Gasteiger partial charge in [-0.15, -0.1) is 13.2 Å². The van der Waals surface area contributed by atoms with E-state index in [4.69, 9.17) is 0 Å². The summed E-state index contributed by atoms with van der Waals surface area (Å²) >= 11 is 0. The van der Waals surface area contributed by atoms with Gasteiger partial charge in [-0.2, -0.15) is 0 Å². The lowest BCUT2D eigenvalue weighted by molar-refractivity contribution is -0.274. The minimum atomic E-state index is -4.80. The number of nitrogens with zero attached hydrogens (tertiary/aromatic N) is 3. The smallest absolute Gasteiger partial charge is 0.406 e. The summed E-state index contributed by atoms with van der Waals surface area (Å²) in [5.74, 6) is -0.322. The minimum Gasteiger partial charge on any atom is -0.406 e. The molecule has 0 bridgehead atoms. The molecule has 34 heavy (non-hydrogen) atoms. The first-order valence-electron chi connectivity index (χ1n) is 10.4. The van der Waals surface area contributed by atoms with Gasteiger partial charge in [0.2, 0.25) is 0 Å². The molecule has 2 aromatic heterocycles. The third kappa shape index (κ3) is 5.61. The highest BCUT2D eigenvalue weighted by Gasteiger charge is 2.31. The number of hydrogen-bond donors (Lipinski definition) is 3. The molecule has 0 radical (unpaired) electrons. The van der Waals surface area contributed by atoms with Gasteiger partial charge < -0.3 is 25.2 Å². The van der Waals surface area contributed by atoms with Crippen molar-refractivity contribution in [1.82, 2.24) is 9.97 Å². The van der Waals surface area contributed by atoms with Gasteiger partial charge in [0, 0.05) is 42.3 Å². The second-order valence-corrected chi connectivity index (χ2v) is 7.71. The van der Waals surface area contributed by atoms with Crippen molar-refractivity contribution in [2.45, 2.75) is 25.5 Å². The summed E-state index contributed by atoms with van der Waals surface area (Å²) in [5, 5.41) is 21.8. The van der Waals surface area contributed by atoms with E-state index in [0.717, 1.165) is 12.1 Å². The number of benzene rings is 1. The van der Waals surface area contributed by atoms with Crippen molar-refractivity contribution in [3.8, 4) is 16.9 Å². The van der Waals surface area contributed by atoms with Crippen LogP contribution in [0.15, 0.2) is 54.9 Å². The number of aliphatic hydroxyl groups is 2. The van der Waals surface area contributed by atoms with E-state index in [-0.39, 0.29) is 17.9 Å². The van der Waals surface area contributed by atoms with Gasteiger partial charge in [-0.25, -0.2) is 4.98 Å². The number of ether oxygens (including phenoxy) is 1. The number of halogens is 3. The van der Waals surface area contributed by atoms with Crippen LogP contribution in [0.4, 0.5) is 24.7 Å². The molecule has 1 saturated heterocycles. The Morgan fingerprint density at radius 1 is 1.15 bits per heavy atom. The molecule has 0 unspecified atom stereocenters. The fourth-order valence-corrected chi connectivity index (χ4v) is 3.60. The second-order valence-electron chi connectivity index (χ2n) is 7.71. The molecule has 0 aliphatic carbocycles. The van der Waals surface area contributed by atoms with Crippen LogP contribution < -0.4 is 15.0 Å². The lowest BCUT2D eigenvalue weighted by atomic mass is 10.0. The second kappa shape index (κ2) is 9.65. The van der Waals surface area contributed by atoms with Crippen LogP contribution in [0.2, 0.25) is 0 Å². The highest BCUT2D eigenvalue weighted by molar-refractivity contribution is 6.05. The normalized spacial score (nSPS) is 15.9. The van der Waals surface area contributed by atoms with E-state index in [0.29, 0.717) is 42.1 Å². The number of nitrogens with one attached hydrogen (secondary N) is 1. The zero-order valence-electron chi connectivity index (χ0n) is 17.8. The van der Waals surface area contributed by atoms with Gasteiger partial charge in [0.15, 0.2) is 0 Å². The summed E-state index contributed by atoms with van der Waals surface area (Å²) in [6, 6.07) is 9.85. The molecule has 178 valence electrons. The van der Waals surface area contributed by atoms with Crippen LogP contribution in [0.25, 0.3) is 11.1 Å². The van der Waals surface area contributed by atoms with E-state index < -0.39 is 24.1 Å². The topological polar surface area (TPSA) is 108 Å². The highest BCUT2D eigenvalue weighted by Crippen LogP contribution is 2.32. The molecule has 1 aliphatic heterocycles. The summed E-state index contributed by atoms with van der Waals surface area (Å²) in [6.07, 6.45) is -1.71. The number of hydrogen-bond acceptors (Lipinski definition) is 7. The van der Waals surface area contributed by atoms with Crippen molar-refractivity contribution in [3.05, 3.63) is 66.1 Å². The standard InChI is InChI=1S/C23H21F3N4O4/c24-23(25,26)34-19-5-3-16(4-6-19)29-22(33)15-9-20(14-1-2-17(13-31)27-10-14)21(28-11-15)30-8-7-18(32)12-30/h1-6,9-11,18,31-32H,7-8,12-13H2,(H,29,33)/t18-/m1/s1. The maximum Gasteiger partial charge on any atom is 0.573 e. The number of alkyl halides is 3. The Labute approximate surface area is 192 Å². The monoisotopic (exact) mass is 474 g/mol. The Morgan fingerprint density at radius 2 is 1.91 bits per heavy atom. The Bertz CT molecular complexity index is 1150. The summed E-state index contributed by atoms with van der Waals surface area (Å²) in [7, 11) is 0. The Kier molecular flexibility index (Phi) is 6.66. The molecule has 3 N–H and O–H groups in total. The van der Waals surface area contributed by atoms with Crippen LogP contribution in [0.5, 0.6) is 5.75 Å². The number of anilines is 2. The molecule has 1 amide bonds. The third-order valence-electron chi connectivity index (χ3n) is 5.24. The molecular formula is C23H21F3N4O4. The van der Waals surface area contributed by atoms with Gasteiger partial charge in [-0.1, -0.05) is 6.07 Å². The van der Waals surface area contributed by atoms with E-state index in [1.165, 1.54) is 18.3 Å². The molecule has 1 atom stereocenters. The van der Waals surface area contributed by atoms with Gasteiger partial charge >= 0.3 is 6.36 Å². The largest absolute Gasteiger partial charge is 0.573 e. The van der Waals surface area contributed by atoms with Crippen LogP contribution in [-0.2, 0) is 6.61 Å². The number of pyridine rings is 2. The van der Waals surface area contributed by atoms with E-state index in [2.05, 4.69) is 20.0 Å². The van der Waals surface area contributed by atoms with Crippen LogP contribution >= 0.6 is 0 Å². The molecule has 8 nitrogen and oxygen atoms in total. The van der Waals surface area contributed by atoms with Gasteiger partial charge in [0.1, 0.15) is 11.6 Å². The van der Waals surface area contributed by atoms with Gasteiger partial charge in [-0.05, 0) is 42.8 Å². The maximum atomic E-state index is 12.8. The van der Waals surface area contributed by atoms with Crippen molar-refractivity contribution >= 4 is 17.4 Å². The minimum absolute atomic E-state index is 0.209. The number of amides is 1. The molecule has 0 saturated carbocycles. The molecular weight excluding hydrogens is 453 g/mol. The van der Waals surface area contributed by atoms with Gasteiger partial charge in [-0.3, -0.25) is 9.78 Å². The molecule has 1 aromatic carbocycles. The van der Waals surface area contributed by atoms with Gasteiger partial charge in [0.25, 0.3) is 5.91 Å². The fraction of sp³-hybridized carbons (Fsp3) is 0.261. The number of aliphatic hydroxyl groups excluding tert-OH is 2. The Balaban J connectivity index is 1.59. The summed E-state index contributed by atoms with van der Waals surface area (Å²) < 4.78 is 40.8. The number of carbonyl (C=O) groups is 1. The molecule has 0 spiro atoms. The SMILES string of the molecule is O=C(Nc1ccc(OC(F)(F)F)cc1)c1cnc(N2CC[C@@H](O)C2)c(-c2ccc(CO)nc2)c1. The summed E-state index contributed by atoms with van der Waals surface area (Å²) in [6.45, 7) is 0.792. The van der Waals surface area contributed by atoms with E-state index >= 15 is 0 Å². The molecule has 3 aromatic rings. The van der Waals surface area contributed by atoms with E-state index in [1.807, 2.05) is 4.90 Å². The van der Waals surface area contributed by atoms with Crippen molar-refractivity contribution in [3.63, 3.8) is 0 Å². The van der Waals surface area contributed by atoms with E-state index in [1.54, 1.807) is 24.4 Å². The third-order valence-corrected chi connectivity index (χ3v) is 5.24. The zero-order chi connectivity index (χ0) is 24.3. The van der Waals surface area contributed by atoms with E-state index in [9.17, 15) is 28.2 Å². The first kappa shape index (κ1) is 23.5. The number of aromatic nitrogens is 2. The first-order valence-corrected chi connectivity index (χ1v) is 10.4. The quantitative estimate of drug-likeness (QED) is 0.503. The van der Waals surface area contributed by atoms with Crippen molar-refractivity contribution in [1.29, 1.82) is 0 Å². The molecule has 3 heterocycles. The predicted octanol–water partition coefficient (Wildman–Crippen LogP) is 3.36. The fourth-order valence-electron chi connectivity index (χ4n) is 3.60. The van der Waals surface area contributed by atoms with Crippen LogP contribution in [-0.4, -0.2) is 51.6 Å². The lowest BCUT2D eigenvalue weighted by Gasteiger charge is -2.21. The molecule has 1 aliphatic rings. The average Bonchev–Trinajstić information content (AvgIpc) is 3.25. The van der Waals surface area contributed by atoms with Crippen LogP contribution in [0.1, 0.15) is 22.5 Å². The summed E-state index contributed by atoms with van der Waals surface area (Å²) in [5.41, 5.74) is 2.28.